The van der Waals surface area contributed by atoms with Gasteiger partial charge in [-0.15, -0.1) is 10.2 Å². The van der Waals surface area contributed by atoms with Crippen molar-refractivity contribution in [2.45, 2.75) is 5.16 Å². The summed E-state index contributed by atoms with van der Waals surface area (Å²) in [6, 6.07) is 7.63. The number of aromatic nitrogens is 3. The molecule has 1 aromatic heterocycles. The Morgan fingerprint density at radius 2 is 1.54 bits per heavy atom. The van der Waals surface area contributed by atoms with Crippen LogP contribution in [0.15, 0.2) is 35.5 Å². The quantitative estimate of drug-likeness (QED) is 0.306. The van der Waals surface area contributed by atoms with Crippen LogP contribution in [-0.4, -0.2) is 73.9 Å². The van der Waals surface area contributed by atoms with E-state index < -0.39 is 17.8 Å². The molecule has 3 aromatic rings. The van der Waals surface area contributed by atoms with Crippen LogP contribution in [0.2, 0.25) is 0 Å². The molecule has 3 rings (SSSR count). The summed E-state index contributed by atoms with van der Waals surface area (Å²) in [5.41, 5.74) is 1.05. The predicted octanol–water partition coefficient (Wildman–Crippen LogP) is 2.81. The number of benzene rings is 2. The minimum atomic E-state index is -0.664. The number of carbonyl (C=O) groups excluding carboxylic acids is 3. The van der Waals surface area contributed by atoms with Crippen molar-refractivity contribution >= 4 is 35.3 Å². The van der Waals surface area contributed by atoms with E-state index in [0.717, 1.165) is 11.8 Å². The minimum Gasteiger partial charge on any atom is -0.493 e. The summed E-state index contributed by atoms with van der Waals surface area (Å²) in [5, 5.41) is 11.5. The number of amides is 1. The van der Waals surface area contributed by atoms with Crippen LogP contribution in [0.25, 0.3) is 11.4 Å². The van der Waals surface area contributed by atoms with Gasteiger partial charge in [-0.25, -0.2) is 9.59 Å². The number of hydrogen-bond donors (Lipinski definition) is 1. The number of thioether (sulfide) groups is 1. The zero-order valence-electron chi connectivity index (χ0n) is 21.1. The van der Waals surface area contributed by atoms with Gasteiger partial charge in [0.05, 0.1) is 58.1 Å². The van der Waals surface area contributed by atoms with Crippen molar-refractivity contribution < 1.29 is 38.1 Å². The lowest BCUT2D eigenvalue weighted by atomic mass is 10.1. The lowest BCUT2D eigenvalue weighted by Gasteiger charge is -2.14. The van der Waals surface area contributed by atoms with E-state index in [0.29, 0.717) is 33.8 Å². The van der Waals surface area contributed by atoms with Gasteiger partial charge in [0.1, 0.15) is 0 Å². The number of methoxy groups -OCH3 is 5. The van der Waals surface area contributed by atoms with Gasteiger partial charge < -0.3 is 33.6 Å². The number of carbonyl (C=O) groups is 3. The van der Waals surface area contributed by atoms with E-state index in [-0.39, 0.29) is 22.6 Å². The molecule has 0 atom stereocenters. The van der Waals surface area contributed by atoms with E-state index in [4.69, 9.17) is 23.7 Å². The Morgan fingerprint density at radius 1 is 0.892 bits per heavy atom. The number of rotatable bonds is 10. The monoisotopic (exact) mass is 530 g/mol. The van der Waals surface area contributed by atoms with Crippen LogP contribution in [0.5, 0.6) is 17.2 Å². The molecule has 0 saturated carbocycles. The van der Waals surface area contributed by atoms with Crippen LogP contribution in [0.3, 0.4) is 0 Å². The summed E-state index contributed by atoms with van der Waals surface area (Å²) in [6.07, 6.45) is 0. The van der Waals surface area contributed by atoms with E-state index >= 15 is 0 Å². The van der Waals surface area contributed by atoms with Crippen LogP contribution >= 0.6 is 11.8 Å². The molecule has 13 heteroatoms. The molecule has 0 fully saturated rings. The highest BCUT2D eigenvalue weighted by atomic mass is 32.2. The maximum Gasteiger partial charge on any atom is 0.339 e. The first-order valence-corrected chi connectivity index (χ1v) is 11.7. The minimum absolute atomic E-state index is 0.0513. The second-order valence-corrected chi connectivity index (χ2v) is 8.30. The van der Waals surface area contributed by atoms with Crippen LogP contribution in [0.1, 0.15) is 20.7 Å². The molecule has 196 valence electrons. The summed E-state index contributed by atoms with van der Waals surface area (Å²) >= 11 is 1.13. The standard InChI is InChI=1S/C24H26N4O8S/c1-28-21(14-10-17(32-2)20(34-4)18(11-14)33-3)26-27-24(28)37-12-19(29)25-16-9-13(22(30)35-5)7-8-15(16)23(31)36-6/h7-11H,12H2,1-6H3,(H,25,29). The van der Waals surface area contributed by atoms with E-state index in [9.17, 15) is 14.4 Å². The third-order valence-electron chi connectivity index (χ3n) is 5.21. The zero-order chi connectivity index (χ0) is 27.1. The van der Waals surface area contributed by atoms with Crippen LogP contribution in [0.4, 0.5) is 5.69 Å². The number of hydrogen-bond acceptors (Lipinski definition) is 11. The first-order chi connectivity index (χ1) is 17.8. The highest BCUT2D eigenvalue weighted by Gasteiger charge is 2.20. The van der Waals surface area contributed by atoms with Gasteiger partial charge in [-0.1, -0.05) is 11.8 Å². The van der Waals surface area contributed by atoms with E-state index in [1.54, 1.807) is 23.7 Å². The summed E-state index contributed by atoms with van der Waals surface area (Å²) < 4.78 is 27.4. The zero-order valence-corrected chi connectivity index (χ0v) is 21.9. The van der Waals surface area contributed by atoms with Gasteiger partial charge in [0.25, 0.3) is 0 Å². The van der Waals surface area contributed by atoms with Crippen molar-refractivity contribution in [1.82, 2.24) is 14.8 Å². The average molecular weight is 531 g/mol. The molecule has 1 amide bonds. The predicted molar refractivity (Wildman–Crippen MR) is 135 cm³/mol. The van der Waals surface area contributed by atoms with Gasteiger partial charge in [-0.05, 0) is 30.3 Å². The molecule has 0 bridgehead atoms. The van der Waals surface area contributed by atoms with Crippen molar-refractivity contribution in [3.63, 3.8) is 0 Å². The molecule has 0 unspecified atom stereocenters. The molecule has 0 aliphatic carbocycles. The number of nitrogens with zero attached hydrogens (tertiary/aromatic N) is 3. The molecule has 0 radical (unpaired) electrons. The fourth-order valence-electron chi connectivity index (χ4n) is 3.40. The van der Waals surface area contributed by atoms with Gasteiger partial charge in [-0.2, -0.15) is 0 Å². The van der Waals surface area contributed by atoms with Crippen molar-refractivity contribution in [3.05, 3.63) is 41.5 Å². The summed E-state index contributed by atoms with van der Waals surface area (Å²) in [5.74, 6) is 0.125. The van der Waals surface area contributed by atoms with Crippen LogP contribution in [0, 0.1) is 0 Å². The van der Waals surface area contributed by atoms with Crippen LogP contribution < -0.4 is 19.5 Å². The number of esters is 2. The molecular formula is C24H26N4O8S. The number of nitrogens with one attached hydrogen (secondary N) is 1. The second kappa shape index (κ2) is 12.1. The molecule has 1 N–H and O–H groups in total. The van der Waals surface area contributed by atoms with Crippen molar-refractivity contribution in [3.8, 4) is 28.6 Å². The van der Waals surface area contributed by atoms with Crippen molar-refractivity contribution in [2.75, 3.05) is 46.6 Å². The Bertz CT molecular complexity index is 1300. The first kappa shape index (κ1) is 27.3. The van der Waals surface area contributed by atoms with Gasteiger partial charge in [0.15, 0.2) is 22.5 Å². The molecule has 37 heavy (non-hydrogen) atoms. The molecular weight excluding hydrogens is 504 g/mol. The largest absolute Gasteiger partial charge is 0.493 e. The third-order valence-corrected chi connectivity index (χ3v) is 6.23. The highest BCUT2D eigenvalue weighted by molar-refractivity contribution is 7.99. The molecule has 0 aliphatic rings. The Hall–Kier alpha value is -4.26. The maximum absolute atomic E-state index is 12.7. The lowest BCUT2D eigenvalue weighted by Crippen LogP contribution is -2.18. The smallest absolute Gasteiger partial charge is 0.339 e. The fraction of sp³-hybridized carbons (Fsp3) is 0.292. The Labute approximate surface area is 217 Å². The summed E-state index contributed by atoms with van der Waals surface area (Å²) in [6.45, 7) is 0. The van der Waals surface area contributed by atoms with Gasteiger partial charge in [0, 0.05) is 12.6 Å². The average Bonchev–Trinajstić information content (AvgIpc) is 3.29. The summed E-state index contributed by atoms with van der Waals surface area (Å²) in [4.78, 5) is 36.7. The highest BCUT2D eigenvalue weighted by Crippen LogP contribution is 2.41. The molecule has 0 saturated heterocycles. The fourth-order valence-corrected chi connectivity index (χ4v) is 4.11. The molecule has 1 heterocycles. The molecule has 2 aromatic carbocycles. The first-order valence-electron chi connectivity index (χ1n) is 10.7. The SMILES string of the molecule is COC(=O)c1ccc(C(=O)OC)c(NC(=O)CSc2nnc(-c3cc(OC)c(OC)c(OC)c3)n2C)c1. The second-order valence-electron chi connectivity index (χ2n) is 7.36. The summed E-state index contributed by atoms with van der Waals surface area (Å²) in [7, 11) is 8.76. The normalized spacial score (nSPS) is 10.4. The lowest BCUT2D eigenvalue weighted by molar-refractivity contribution is -0.113. The van der Waals surface area contributed by atoms with Gasteiger partial charge >= 0.3 is 11.9 Å². The van der Waals surface area contributed by atoms with E-state index in [1.165, 1.54) is 53.7 Å². The molecule has 12 nitrogen and oxygen atoms in total. The van der Waals surface area contributed by atoms with E-state index in [2.05, 4.69) is 15.5 Å². The molecule has 0 spiro atoms. The van der Waals surface area contributed by atoms with E-state index in [1.807, 2.05) is 0 Å². The Balaban J connectivity index is 1.79. The number of anilines is 1. The Morgan fingerprint density at radius 3 is 2.11 bits per heavy atom. The van der Waals surface area contributed by atoms with Gasteiger partial charge in [-0.3, -0.25) is 4.79 Å². The van der Waals surface area contributed by atoms with Crippen molar-refractivity contribution in [1.29, 1.82) is 0 Å². The maximum atomic E-state index is 12.7. The topological polar surface area (TPSA) is 140 Å². The number of ether oxygens (including phenoxy) is 5. The molecule has 0 aliphatic heterocycles. The van der Waals surface area contributed by atoms with Crippen LogP contribution in [-0.2, 0) is 21.3 Å². The van der Waals surface area contributed by atoms with Gasteiger partial charge in [0.2, 0.25) is 11.7 Å². The third kappa shape index (κ3) is 5.94. The van der Waals surface area contributed by atoms with Crippen molar-refractivity contribution in [2.24, 2.45) is 7.05 Å². The Kier molecular flexibility index (Phi) is 8.95.